The van der Waals surface area contributed by atoms with Gasteiger partial charge in [-0.05, 0) is 115 Å². The fourth-order valence-corrected chi connectivity index (χ4v) is 13.4. The summed E-state index contributed by atoms with van der Waals surface area (Å²) < 4.78 is 11.1. The first-order valence-electron chi connectivity index (χ1n) is 25.2. The van der Waals surface area contributed by atoms with Crippen LogP contribution in [0.1, 0.15) is 95.2 Å². The average molecular weight is 1030 g/mol. The molecule has 13 N–H and O–H groups in total. The zero-order chi connectivity index (χ0) is 53.1. The number of H-pyrrole nitrogens is 1. The molecule has 4 aromatic carbocycles. The number of hydrogen-bond acceptors (Lipinski definition) is 16. The van der Waals surface area contributed by atoms with Gasteiger partial charge in [0.25, 0.3) is 5.91 Å². The lowest BCUT2D eigenvalue weighted by Crippen LogP contribution is -2.67. The molecule has 1 saturated carbocycles. The van der Waals surface area contributed by atoms with Crippen molar-refractivity contribution in [1.29, 1.82) is 0 Å². The maximum atomic E-state index is 15.5. The van der Waals surface area contributed by atoms with Gasteiger partial charge >= 0.3 is 11.9 Å². The number of benzene rings is 4. The van der Waals surface area contributed by atoms with Crippen LogP contribution in [0.4, 0.5) is 5.69 Å². The second kappa shape index (κ2) is 20.1. The number of carbonyl (C=O) groups excluding carboxylic acids is 1. The number of aromatic amines is 1. The van der Waals surface area contributed by atoms with Gasteiger partial charge in [-0.3, -0.25) is 9.69 Å². The van der Waals surface area contributed by atoms with E-state index in [4.69, 9.17) is 9.47 Å². The minimum Gasteiger partial charge on any atom is -0.508 e. The Labute approximate surface area is 430 Å². The number of phenolic OH excluding ortho intramolecular Hbond substituents is 3. The van der Waals surface area contributed by atoms with Crippen molar-refractivity contribution in [2.45, 2.75) is 111 Å². The lowest BCUT2D eigenvalue weighted by molar-refractivity contribution is -0.422. The fourth-order valence-electron chi connectivity index (χ4n) is 13.4. The second-order valence-electron chi connectivity index (χ2n) is 20.6. The molecule has 0 radical (unpaired) electrons. The molecule has 1 saturated heterocycles. The summed E-state index contributed by atoms with van der Waals surface area (Å²) in [6.07, 6.45) is 1.41. The normalized spacial score (nSPS) is 30.3. The lowest BCUT2D eigenvalue weighted by Gasteiger charge is -2.58. The van der Waals surface area contributed by atoms with E-state index in [1.54, 1.807) is 54.7 Å². The van der Waals surface area contributed by atoms with Gasteiger partial charge in [-0.1, -0.05) is 54.5 Å². The molecule has 5 aliphatic rings. The molecule has 2 fully saturated rings. The number of phenols is 3. The molecule has 1 amide bonds. The molecule has 10 rings (SSSR count). The number of aromatic hydroxyl groups is 3. The highest BCUT2D eigenvalue weighted by Crippen LogP contribution is 2.71. The maximum absolute atomic E-state index is 15.5. The second-order valence-corrected chi connectivity index (χ2v) is 20.6. The Kier molecular flexibility index (Phi) is 13.9. The molecular weight excluding hydrogens is 971 g/mol. The molecule has 0 spiro atoms. The van der Waals surface area contributed by atoms with Gasteiger partial charge in [-0.15, -0.1) is 0 Å². The van der Waals surface area contributed by atoms with E-state index in [1.807, 2.05) is 6.07 Å². The number of nitrogens with one attached hydrogen (secondary N) is 1. The summed E-state index contributed by atoms with van der Waals surface area (Å²) >= 11 is 0. The molecule has 12 unspecified atom stereocenters. The van der Waals surface area contributed by atoms with E-state index in [9.17, 15) is 66.1 Å². The molecule has 3 aliphatic carbocycles. The average Bonchev–Trinajstić information content (AvgIpc) is 4.31. The molecule has 396 valence electrons. The topological polar surface area (TPSA) is 327 Å². The van der Waals surface area contributed by atoms with Gasteiger partial charge in [0.1, 0.15) is 29.8 Å². The number of ether oxygens (including phenoxy) is 2. The van der Waals surface area contributed by atoms with Crippen molar-refractivity contribution in [2.75, 3.05) is 18.1 Å². The number of carbonyl (C=O) groups is 2. The lowest BCUT2D eigenvalue weighted by atomic mass is 9.45. The highest BCUT2D eigenvalue weighted by atomic mass is 16.8. The van der Waals surface area contributed by atoms with Crippen molar-refractivity contribution >= 4 is 23.6 Å². The summed E-state index contributed by atoms with van der Waals surface area (Å²) in [7, 11) is 0. The van der Waals surface area contributed by atoms with E-state index in [2.05, 4.69) is 9.97 Å². The first-order chi connectivity index (χ1) is 36.0. The zero-order valence-electron chi connectivity index (χ0n) is 40.7. The van der Waals surface area contributed by atoms with Crippen LogP contribution in [-0.2, 0) is 39.2 Å². The predicted octanol–water partition coefficient (Wildman–Crippen LogP) is 3.44. The number of aliphatic carboxylic acids is 1. The molecule has 75 heavy (non-hydrogen) atoms. The number of aryl methyl sites for hydroxylation is 1. The highest BCUT2D eigenvalue weighted by molar-refractivity contribution is 6.13. The number of imidazole rings is 1. The fraction of sp³-hybridized carbons (Fsp3) is 0.411. The first-order valence-corrected chi connectivity index (χ1v) is 25.2. The summed E-state index contributed by atoms with van der Waals surface area (Å²) in [6.45, 7) is -1.52. The van der Waals surface area contributed by atoms with E-state index < -0.39 is 95.2 Å². The quantitative estimate of drug-likeness (QED) is 0.0406. The molecule has 2 aliphatic heterocycles. The van der Waals surface area contributed by atoms with Gasteiger partial charge in [0.05, 0.1) is 31.3 Å². The zero-order valence-corrected chi connectivity index (χ0v) is 40.7. The number of nitrogens with zero attached hydrogens (tertiary/aromatic N) is 2. The third kappa shape index (κ3) is 8.56. The number of carboxylic acid groups (broad SMARTS) is 1. The number of carboxylic acids is 1. The Hall–Kier alpha value is -6.65. The Morgan fingerprint density at radius 3 is 2.40 bits per heavy atom. The van der Waals surface area contributed by atoms with Gasteiger partial charge < -0.3 is 75.7 Å². The number of aromatic nitrogens is 2. The van der Waals surface area contributed by atoms with Crippen molar-refractivity contribution in [3.8, 4) is 23.0 Å². The van der Waals surface area contributed by atoms with Crippen LogP contribution in [0.15, 0.2) is 103 Å². The third-order valence-corrected chi connectivity index (χ3v) is 16.6. The first kappa shape index (κ1) is 51.8. The van der Waals surface area contributed by atoms with Crippen molar-refractivity contribution in [2.24, 2.45) is 17.8 Å². The van der Waals surface area contributed by atoms with Crippen LogP contribution in [-0.4, -0.2) is 132 Å². The Balaban J connectivity index is 1.18. The number of aliphatic hydroxyl groups is 8. The minimum atomic E-state index is -3.24. The van der Waals surface area contributed by atoms with Crippen LogP contribution >= 0.6 is 0 Å². The van der Waals surface area contributed by atoms with E-state index in [0.717, 1.165) is 29.0 Å². The number of rotatable bonds is 15. The van der Waals surface area contributed by atoms with E-state index in [0.29, 0.717) is 64.8 Å². The van der Waals surface area contributed by atoms with Crippen LogP contribution in [0.5, 0.6) is 23.0 Å². The monoisotopic (exact) mass is 1030 g/mol. The Morgan fingerprint density at radius 1 is 0.907 bits per heavy atom. The number of anilines is 1. The van der Waals surface area contributed by atoms with Gasteiger partial charge in [0.15, 0.2) is 23.1 Å². The molecule has 12 atom stereocenters. The number of hydrogen-bond donors (Lipinski definition) is 13. The number of fused-ring (bicyclic) bond motifs is 6. The van der Waals surface area contributed by atoms with Crippen molar-refractivity contribution in [1.82, 2.24) is 9.97 Å². The molecule has 0 bridgehead atoms. The summed E-state index contributed by atoms with van der Waals surface area (Å²) in [5.41, 5.74) is 1.07. The SMILES string of the molecule is O=C(C=Cc1ccc(O)c(Cc2cnc[nH]2)c1)N1c2cc(OC3(O)OC(CO)C(O)C(O)C3O)c(O)cc2C2C(C34c5c(O)cccc5CCC3CCCC4CO)C(CCC(O)c3ccc(CO)cc3)=CC21C(=O)O. The number of amides is 1. The predicted molar refractivity (Wildman–Crippen MR) is 267 cm³/mol. The van der Waals surface area contributed by atoms with Gasteiger partial charge in [0, 0.05) is 65.4 Å². The molecule has 1 aromatic heterocycles. The Bertz CT molecular complexity index is 3020. The number of allylic oxidation sites excluding steroid dienone is 1. The van der Waals surface area contributed by atoms with E-state index in [1.165, 1.54) is 30.6 Å². The van der Waals surface area contributed by atoms with Gasteiger partial charge in [0.2, 0.25) is 0 Å². The van der Waals surface area contributed by atoms with Crippen molar-refractivity contribution in [3.63, 3.8) is 0 Å². The summed E-state index contributed by atoms with van der Waals surface area (Å²) in [5.74, 6) is -10.2. The van der Waals surface area contributed by atoms with Gasteiger partial charge in [-0.25, -0.2) is 9.78 Å². The van der Waals surface area contributed by atoms with Crippen LogP contribution in [0.3, 0.4) is 0 Å². The smallest absolute Gasteiger partial charge is 0.355 e. The van der Waals surface area contributed by atoms with Gasteiger partial charge in [-0.2, -0.15) is 0 Å². The van der Waals surface area contributed by atoms with E-state index in [-0.39, 0.29) is 61.1 Å². The summed E-state index contributed by atoms with van der Waals surface area (Å²) in [4.78, 5) is 38.5. The summed E-state index contributed by atoms with van der Waals surface area (Å²) in [5, 5.41) is 134. The molecule has 5 aromatic rings. The van der Waals surface area contributed by atoms with Crippen LogP contribution in [0, 0.1) is 17.8 Å². The van der Waals surface area contributed by atoms with E-state index >= 15 is 4.79 Å². The Morgan fingerprint density at radius 2 is 1.69 bits per heavy atom. The molecule has 3 heterocycles. The third-order valence-electron chi connectivity index (χ3n) is 16.6. The molecule has 19 nitrogen and oxygen atoms in total. The number of aliphatic hydroxyl groups excluding tert-OH is 7. The van der Waals surface area contributed by atoms with Crippen LogP contribution in [0.2, 0.25) is 0 Å². The standard InChI is InChI=1S/C56H61N3O16/c60-25-30-7-11-31(12-8-30)40(63)17-14-33-23-54(53(71)72)49(48(33)55-35(4-2-5-36(55)26-61)15-13-32-3-1-6-42(65)47(32)55)38-21-43(66)44(74-56(73)52(70)51(69)50(68)45(27-62)75-56)22-39(38)59(54)46(67)18-10-29-9-16-41(64)34(19-29)20-37-24-57-28-58-37/h1,3,6-12,16,18-19,21-24,28,35-36,40,45,48-52,60-66,68-70,73H,2,4-5,13-15,17,20,25-27H2,(H,57,58)(H,71,72). The highest BCUT2D eigenvalue weighted by Gasteiger charge is 2.71. The van der Waals surface area contributed by atoms with Crippen molar-refractivity contribution < 1.29 is 80.3 Å². The minimum absolute atomic E-state index is 0.0264. The molecular formula is C56H61N3O16. The molecule has 19 heteroatoms. The summed E-state index contributed by atoms with van der Waals surface area (Å²) in [6, 6.07) is 18.9. The largest absolute Gasteiger partial charge is 0.508 e. The van der Waals surface area contributed by atoms with Crippen molar-refractivity contribution in [3.05, 3.63) is 148 Å². The maximum Gasteiger partial charge on any atom is 0.355 e. The van der Waals surface area contributed by atoms with Crippen LogP contribution in [0.25, 0.3) is 6.08 Å². The van der Waals surface area contributed by atoms with Crippen LogP contribution < -0.4 is 9.64 Å².